The molecule has 0 unspecified atom stereocenters. The minimum absolute atomic E-state index is 0.183. The Morgan fingerprint density at radius 2 is 2.15 bits per heavy atom. The van der Waals surface area contributed by atoms with E-state index in [1.807, 2.05) is 24.3 Å². The molecule has 0 bridgehead atoms. The van der Waals surface area contributed by atoms with Crippen molar-refractivity contribution < 1.29 is 4.79 Å². The van der Waals surface area contributed by atoms with Gasteiger partial charge in [-0.1, -0.05) is 26.0 Å². The second-order valence-corrected chi connectivity index (χ2v) is 8.73. The highest BCUT2D eigenvalue weighted by Crippen LogP contribution is 2.33. The van der Waals surface area contributed by atoms with Crippen LogP contribution in [0.5, 0.6) is 0 Å². The first-order valence-electron chi connectivity index (χ1n) is 8.79. The van der Waals surface area contributed by atoms with Crippen LogP contribution in [0, 0.1) is 5.41 Å². The van der Waals surface area contributed by atoms with Gasteiger partial charge in [-0.15, -0.1) is 11.3 Å². The first-order valence-corrected chi connectivity index (χ1v) is 9.61. The number of benzene rings is 1. The molecule has 2 aromatic heterocycles. The summed E-state index contributed by atoms with van der Waals surface area (Å²) in [5.74, 6) is -0.350. The Labute approximate surface area is 155 Å². The Morgan fingerprint density at radius 3 is 2.96 bits per heavy atom. The Bertz CT molecular complexity index is 1020. The van der Waals surface area contributed by atoms with E-state index < -0.39 is 0 Å². The summed E-state index contributed by atoms with van der Waals surface area (Å²) in [7, 11) is 0. The van der Waals surface area contributed by atoms with Gasteiger partial charge in [-0.05, 0) is 48.4 Å². The van der Waals surface area contributed by atoms with Gasteiger partial charge in [-0.25, -0.2) is 4.98 Å². The van der Waals surface area contributed by atoms with Gasteiger partial charge < -0.3 is 10.3 Å². The van der Waals surface area contributed by atoms with Crippen LogP contribution in [0.2, 0.25) is 0 Å². The second-order valence-electron chi connectivity index (χ2n) is 7.61. The second kappa shape index (κ2) is 6.36. The molecule has 1 aromatic carbocycles. The quantitative estimate of drug-likeness (QED) is 0.745. The van der Waals surface area contributed by atoms with E-state index >= 15 is 0 Å². The molecule has 0 spiro atoms. The molecule has 3 aromatic rings. The van der Waals surface area contributed by atoms with Crippen LogP contribution in [0.15, 0.2) is 35.1 Å². The highest BCUT2D eigenvalue weighted by molar-refractivity contribution is 7.18. The van der Waals surface area contributed by atoms with Gasteiger partial charge in [0.2, 0.25) is 0 Å². The zero-order valence-corrected chi connectivity index (χ0v) is 15.7. The predicted octanol–water partition coefficient (Wildman–Crippen LogP) is 3.43. The molecule has 2 N–H and O–H groups in total. The number of hydrogen-bond acceptors (Lipinski definition) is 4. The molecule has 1 aliphatic carbocycles. The molecule has 134 valence electrons. The number of aryl methyl sites for hydroxylation is 1. The highest BCUT2D eigenvalue weighted by Gasteiger charge is 2.27. The van der Waals surface area contributed by atoms with Gasteiger partial charge in [0.25, 0.3) is 11.5 Å². The molecular formula is C20H21N3O2S. The van der Waals surface area contributed by atoms with Crippen molar-refractivity contribution in [2.24, 2.45) is 5.41 Å². The molecule has 5 nitrogen and oxygen atoms in total. The van der Waals surface area contributed by atoms with Gasteiger partial charge in [0.15, 0.2) is 0 Å². The van der Waals surface area contributed by atoms with Crippen molar-refractivity contribution in [3.8, 4) is 0 Å². The SMILES string of the molecule is CC1(C)CCc2[nH]c(=O)c(C(=O)NCc3nc4ccccc4s3)cc2C1. The number of hydrogen-bond donors (Lipinski definition) is 2. The summed E-state index contributed by atoms with van der Waals surface area (Å²) in [6, 6.07) is 9.64. The Balaban J connectivity index is 1.53. The van der Waals surface area contributed by atoms with E-state index in [0.29, 0.717) is 6.54 Å². The van der Waals surface area contributed by atoms with Crippen molar-refractivity contribution in [3.05, 3.63) is 62.5 Å². The van der Waals surface area contributed by atoms with Crippen LogP contribution in [0.25, 0.3) is 10.2 Å². The lowest BCUT2D eigenvalue weighted by atomic mass is 9.76. The molecule has 0 atom stereocenters. The van der Waals surface area contributed by atoms with E-state index in [9.17, 15) is 9.59 Å². The first kappa shape index (κ1) is 17.0. The van der Waals surface area contributed by atoms with Crippen molar-refractivity contribution in [2.75, 3.05) is 0 Å². The molecule has 1 amide bonds. The van der Waals surface area contributed by atoms with Crippen LogP contribution in [0.4, 0.5) is 0 Å². The summed E-state index contributed by atoms with van der Waals surface area (Å²) in [6.45, 7) is 4.75. The van der Waals surface area contributed by atoms with Gasteiger partial charge in [0.1, 0.15) is 10.6 Å². The lowest BCUT2D eigenvalue weighted by molar-refractivity contribution is 0.0949. The van der Waals surface area contributed by atoms with E-state index in [-0.39, 0.29) is 22.4 Å². The van der Waals surface area contributed by atoms with Crippen LogP contribution in [0.3, 0.4) is 0 Å². The average Bonchev–Trinajstić information content (AvgIpc) is 3.02. The molecule has 0 saturated carbocycles. The van der Waals surface area contributed by atoms with E-state index in [1.54, 1.807) is 17.4 Å². The third-order valence-electron chi connectivity index (χ3n) is 4.92. The van der Waals surface area contributed by atoms with Gasteiger partial charge in [-0.3, -0.25) is 9.59 Å². The zero-order valence-electron chi connectivity index (χ0n) is 14.9. The number of aromatic nitrogens is 2. The fourth-order valence-corrected chi connectivity index (χ4v) is 4.38. The number of nitrogens with zero attached hydrogens (tertiary/aromatic N) is 1. The lowest BCUT2D eigenvalue weighted by Gasteiger charge is -2.31. The summed E-state index contributed by atoms with van der Waals surface area (Å²) in [5, 5.41) is 3.66. The Hall–Kier alpha value is -2.47. The minimum atomic E-state index is -0.350. The summed E-state index contributed by atoms with van der Waals surface area (Å²) >= 11 is 1.55. The molecule has 0 saturated heterocycles. The first-order chi connectivity index (χ1) is 12.4. The van der Waals surface area contributed by atoms with E-state index in [2.05, 4.69) is 29.1 Å². The predicted molar refractivity (Wildman–Crippen MR) is 104 cm³/mol. The number of thiazole rings is 1. The zero-order chi connectivity index (χ0) is 18.3. The van der Waals surface area contributed by atoms with Crippen molar-refractivity contribution in [3.63, 3.8) is 0 Å². The normalized spacial score (nSPS) is 15.6. The standard InChI is InChI=1S/C20H21N3O2S/c1-20(2)8-7-14-12(10-20)9-13(19(25)23-14)18(24)21-11-17-22-15-5-3-4-6-16(15)26-17/h3-6,9H,7-8,10-11H2,1-2H3,(H,21,24)(H,23,25). The number of pyridine rings is 1. The molecule has 2 heterocycles. The average molecular weight is 367 g/mol. The van der Waals surface area contributed by atoms with E-state index in [4.69, 9.17) is 0 Å². The van der Waals surface area contributed by atoms with Gasteiger partial charge in [-0.2, -0.15) is 0 Å². The molecule has 1 aliphatic rings. The van der Waals surface area contributed by atoms with Gasteiger partial charge >= 0.3 is 0 Å². The molecule has 0 radical (unpaired) electrons. The minimum Gasteiger partial charge on any atom is -0.345 e. The van der Waals surface area contributed by atoms with Crippen molar-refractivity contribution in [1.29, 1.82) is 0 Å². The van der Waals surface area contributed by atoms with Crippen LogP contribution in [-0.4, -0.2) is 15.9 Å². The number of aromatic amines is 1. The fraction of sp³-hybridized carbons (Fsp3) is 0.350. The Morgan fingerprint density at radius 1 is 1.35 bits per heavy atom. The fourth-order valence-electron chi connectivity index (χ4n) is 3.47. The molecule has 26 heavy (non-hydrogen) atoms. The Kier molecular flexibility index (Phi) is 4.15. The third kappa shape index (κ3) is 3.29. The summed E-state index contributed by atoms with van der Waals surface area (Å²) in [6.07, 6.45) is 2.77. The van der Waals surface area contributed by atoms with Crippen LogP contribution in [0.1, 0.15) is 46.9 Å². The van der Waals surface area contributed by atoms with Crippen molar-refractivity contribution in [1.82, 2.24) is 15.3 Å². The van der Waals surface area contributed by atoms with Gasteiger partial charge in [0.05, 0.1) is 16.8 Å². The molecule has 6 heteroatoms. The number of nitrogens with one attached hydrogen (secondary N) is 2. The molecule has 4 rings (SSSR count). The maximum Gasteiger partial charge on any atom is 0.261 e. The number of fused-ring (bicyclic) bond motifs is 2. The lowest BCUT2D eigenvalue weighted by Crippen LogP contribution is -2.32. The van der Waals surface area contributed by atoms with E-state index in [0.717, 1.165) is 45.7 Å². The van der Waals surface area contributed by atoms with Crippen LogP contribution < -0.4 is 10.9 Å². The molecule has 0 aliphatic heterocycles. The van der Waals surface area contributed by atoms with Gasteiger partial charge in [0, 0.05) is 5.69 Å². The number of amides is 1. The highest BCUT2D eigenvalue weighted by atomic mass is 32.1. The van der Waals surface area contributed by atoms with Crippen LogP contribution in [-0.2, 0) is 19.4 Å². The number of rotatable bonds is 3. The monoisotopic (exact) mass is 367 g/mol. The summed E-state index contributed by atoms with van der Waals surface area (Å²) < 4.78 is 1.09. The summed E-state index contributed by atoms with van der Waals surface area (Å²) in [4.78, 5) is 32.3. The molecule has 0 fully saturated rings. The maximum atomic E-state index is 12.5. The molecular weight excluding hydrogens is 346 g/mol. The smallest absolute Gasteiger partial charge is 0.261 e. The summed E-state index contributed by atoms with van der Waals surface area (Å²) in [5.41, 5.74) is 3.03. The van der Waals surface area contributed by atoms with E-state index in [1.165, 1.54) is 0 Å². The van der Waals surface area contributed by atoms with Crippen molar-refractivity contribution >= 4 is 27.5 Å². The number of para-hydroxylation sites is 1. The van der Waals surface area contributed by atoms with Crippen LogP contribution >= 0.6 is 11.3 Å². The third-order valence-corrected chi connectivity index (χ3v) is 5.96. The number of carbonyl (C=O) groups is 1. The number of H-pyrrole nitrogens is 1. The largest absolute Gasteiger partial charge is 0.345 e. The number of carbonyl (C=O) groups excluding carboxylic acids is 1. The topological polar surface area (TPSA) is 74.8 Å². The maximum absolute atomic E-state index is 12.5. The van der Waals surface area contributed by atoms with Crippen molar-refractivity contribution in [2.45, 2.75) is 39.7 Å².